The molecule has 0 bridgehead atoms. The van der Waals surface area contributed by atoms with Crippen LogP contribution in [0.2, 0.25) is 0 Å². The fourth-order valence-electron chi connectivity index (χ4n) is 2.48. The predicted octanol–water partition coefficient (Wildman–Crippen LogP) is 4.19. The Morgan fingerprint density at radius 1 is 1.38 bits per heavy atom. The van der Waals surface area contributed by atoms with Gasteiger partial charge in [0, 0.05) is 12.7 Å². The van der Waals surface area contributed by atoms with Crippen LogP contribution in [0.25, 0.3) is 0 Å². The van der Waals surface area contributed by atoms with Gasteiger partial charge in [-0.15, -0.1) is 0 Å². The van der Waals surface area contributed by atoms with E-state index in [1.54, 1.807) is 5.57 Å². The number of rotatable bonds is 3. The van der Waals surface area contributed by atoms with Crippen molar-refractivity contribution in [1.82, 2.24) is 5.32 Å². The van der Waals surface area contributed by atoms with Crippen LogP contribution in [0.5, 0.6) is 0 Å². The lowest BCUT2D eigenvalue weighted by molar-refractivity contribution is 0.499. The molecule has 0 amide bonds. The van der Waals surface area contributed by atoms with Crippen LogP contribution < -0.4 is 5.32 Å². The summed E-state index contributed by atoms with van der Waals surface area (Å²) in [5, 5.41) is 3.26. The van der Waals surface area contributed by atoms with Gasteiger partial charge in [0.25, 0.3) is 0 Å². The molecule has 0 saturated carbocycles. The first-order valence-corrected chi connectivity index (χ1v) is 6.20. The summed E-state index contributed by atoms with van der Waals surface area (Å²) in [6.45, 7) is 13.0. The average molecular weight is 219 g/mol. The minimum atomic E-state index is 0.803. The standard InChI is InChI=1S/C15H25N/c1-10(2)15(13(5)16-6)14-9-11(3)7-8-12(14)4/h11,16H,1,7-9H2,2-6H3/b15-13+. The molecule has 0 aromatic heterocycles. The average Bonchev–Trinajstić information content (AvgIpc) is 2.22. The third-order valence-electron chi connectivity index (χ3n) is 3.56. The van der Waals surface area contributed by atoms with Crippen molar-refractivity contribution < 1.29 is 0 Å². The van der Waals surface area contributed by atoms with Gasteiger partial charge >= 0.3 is 0 Å². The van der Waals surface area contributed by atoms with Gasteiger partial charge in [0.15, 0.2) is 0 Å². The molecule has 0 aliphatic heterocycles. The van der Waals surface area contributed by atoms with E-state index in [4.69, 9.17) is 0 Å². The third-order valence-corrected chi connectivity index (χ3v) is 3.56. The second-order valence-corrected chi connectivity index (χ2v) is 5.14. The highest BCUT2D eigenvalue weighted by molar-refractivity contribution is 5.49. The lowest BCUT2D eigenvalue weighted by Crippen LogP contribution is -2.13. The molecule has 1 aliphatic rings. The summed E-state index contributed by atoms with van der Waals surface area (Å²) in [6.07, 6.45) is 3.77. The van der Waals surface area contributed by atoms with E-state index in [9.17, 15) is 0 Å². The van der Waals surface area contributed by atoms with Crippen molar-refractivity contribution in [3.63, 3.8) is 0 Å². The molecule has 16 heavy (non-hydrogen) atoms. The number of nitrogens with one attached hydrogen (secondary N) is 1. The van der Waals surface area contributed by atoms with Gasteiger partial charge in [-0.05, 0) is 62.7 Å². The molecule has 1 rings (SSSR count). The van der Waals surface area contributed by atoms with Crippen LogP contribution in [0.1, 0.15) is 47.0 Å². The van der Waals surface area contributed by atoms with Crippen molar-refractivity contribution in [2.75, 3.05) is 7.05 Å². The highest BCUT2D eigenvalue weighted by Crippen LogP contribution is 2.36. The molecular weight excluding hydrogens is 194 g/mol. The van der Waals surface area contributed by atoms with Crippen LogP contribution in [0.15, 0.2) is 34.6 Å². The quantitative estimate of drug-likeness (QED) is 0.702. The number of hydrogen-bond acceptors (Lipinski definition) is 1. The van der Waals surface area contributed by atoms with Gasteiger partial charge in [-0.1, -0.05) is 19.1 Å². The molecule has 0 saturated heterocycles. The first kappa shape index (κ1) is 13.1. The molecule has 90 valence electrons. The Kier molecular flexibility index (Phi) is 4.40. The van der Waals surface area contributed by atoms with Crippen LogP contribution in [-0.2, 0) is 0 Å². The van der Waals surface area contributed by atoms with Crippen LogP contribution in [0, 0.1) is 5.92 Å². The van der Waals surface area contributed by atoms with Gasteiger partial charge in [-0.2, -0.15) is 0 Å². The van der Waals surface area contributed by atoms with Crippen molar-refractivity contribution >= 4 is 0 Å². The van der Waals surface area contributed by atoms with Crippen LogP contribution in [0.4, 0.5) is 0 Å². The summed E-state index contributed by atoms with van der Waals surface area (Å²) in [6, 6.07) is 0. The first-order valence-electron chi connectivity index (χ1n) is 6.20. The molecule has 0 heterocycles. The molecule has 0 spiro atoms. The van der Waals surface area contributed by atoms with E-state index in [2.05, 4.69) is 39.6 Å². The van der Waals surface area contributed by atoms with E-state index >= 15 is 0 Å². The molecule has 0 fully saturated rings. The van der Waals surface area contributed by atoms with Crippen molar-refractivity contribution in [3.05, 3.63) is 34.6 Å². The monoisotopic (exact) mass is 219 g/mol. The minimum Gasteiger partial charge on any atom is -0.391 e. The Bertz CT molecular complexity index is 344. The second kappa shape index (κ2) is 5.38. The van der Waals surface area contributed by atoms with E-state index in [1.807, 2.05) is 7.05 Å². The van der Waals surface area contributed by atoms with Gasteiger partial charge < -0.3 is 5.32 Å². The lowest BCUT2D eigenvalue weighted by atomic mass is 9.80. The van der Waals surface area contributed by atoms with Gasteiger partial charge in [0.05, 0.1) is 0 Å². The maximum absolute atomic E-state index is 4.13. The van der Waals surface area contributed by atoms with Crippen molar-refractivity contribution in [1.29, 1.82) is 0 Å². The topological polar surface area (TPSA) is 12.0 Å². The summed E-state index contributed by atoms with van der Waals surface area (Å²) in [7, 11) is 1.99. The molecule has 1 nitrogen and oxygen atoms in total. The Morgan fingerprint density at radius 3 is 2.50 bits per heavy atom. The molecular formula is C15H25N. The number of hydrogen-bond donors (Lipinski definition) is 1. The van der Waals surface area contributed by atoms with Crippen molar-refractivity contribution in [3.8, 4) is 0 Å². The van der Waals surface area contributed by atoms with Gasteiger partial charge in [-0.3, -0.25) is 0 Å². The normalized spacial score (nSPS) is 22.9. The molecule has 1 atom stereocenters. The zero-order valence-corrected chi connectivity index (χ0v) is 11.4. The molecule has 1 N–H and O–H groups in total. The Hall–Kier alpha value is -0.980. The Balaban J connectivity index is 3.18. The second-order valence-electron chi connectivity index (χ2n) is 5.14. The van der Waals surface area contributed by atoms with E-state index in [0.717, 1.165) is 5.92 Å². The lowest BCUT2D eigenvalue weighted by Gasteiger charge is -2.26. The highest BCUT2D eigenvalue weighted by Gasteiger charge is 2.19. The van der Waals surface area contributed by atoms with Gasteiger partial charge in [-0.25, -0.2) is 0 Å². The van der Waals surface area contributed by atoms with Crippen LogP contribution in [-0.4, -0.2) is 7.05 Å². The Morgan fingerprint density at radius 2 is 2.00 bits per heavy atom. The van der Waals surface area contributed by atoms with Gasteiger partial charge in [0.2, 0.25) is 0 Å². The summed E-state index contributed by atoms with van der Waals surface area (Å²) in [4.78, 5) is 0. The summed E-state index contributed by atoms with van der Waals surface area (Å²) < 4.78 is 0. The smallest absolute Gasteiger partial charge is 0.0151 e. The zero-order chi connectivity index (χ0) is 12.3. The molecule has 0 radical (unpaired) electrons. The molecule has 0 aromatic rings. The molecule has 1 heteroatoms. The predicted molar refractivity (Wildman–Crippen MR) is 72.3 cm³/mol. The zero-order valence-electron chi connectivity index (χ0n) is 11.4. The highest BCUT2D eigenvalue weighted by atomic mass is 14.8. The summed E-state index contributed by atoms with van der Waals surface area (Å²) in [5.74, 6) is 0.803. The molecule has 0 aromatic carbocycles. The SMILES string of the molecule is C=C(C)/C(C1=C(C)CCC(C)C1)=C(/C)NC. The third kappa shape index (κ3) is 2.78. The fraction of sp³-hybridized carbons (Fsp3) is 0.600. The van der Waals surface area contributed by atoms with E-state index in [0.29, 0.717) is 0 Å². The van der Waals surface area contributed by atoms with Crippen LogP contribution in [0.3, 0.4) is 0 Å². The van der Waals surface area contributed by atoms with Crippen molar-refractivity contribution in [2.45, 2.75) is 47.0 Å². The van der Waals surface area contributed by atoms with E-state index in [1.165, 1.54) is 41.7 Å². The van der Waals surface area contributed by atoms with Crippen molar-refractivity contribution in [2.24, 2.45) is 5.92 Å². The van der Waals surface area contributed by atoms with Gasteiger partial charge in [0.1, 0.15) is 0 Å². The Labute approximate surface area is 100 Å². The first-order chi connectivity index (χ1) is 7.47. The fourth-order valence-corrected chi connectivity index (χ4v) is 2.48. The maximum atomic E-state index is 4.13. The largest absolute Gasteiger partial charge is 0.391 e. The maximum Gasteiger partial charge on any atom is 0.0151 e. The van der Waals surface area contributed by atoms with Crippen LogP contribution >= 0.6 is 0 Å². The van der Waals surface area contributed by atoms with E-state index in [-0.39, 0.29) is 0 Å². The molecule has 1 aliphatic carbocycles. The van der Waals surface area contributed by atoms with E-state index < -0.39 is 0 Å². The number of allylic oxidation sites excluding steroid dienone is 5. The summed E-state index contributed by atoms with van der Waals surface area (Å²) >= 11 is 0. The molecule has 1 unspecified atom stereocenters. The summed E-state index contributed by atoms with van der Waals surface area (Å²) in [5.41, 5.74) is 6.85. The minimum absolute atomic E-state index is 0.803.